The molecule has 1 aliphatic heterocycles. The van der Waals surface area contributed by atoms with Crippen LogP contribution in [0, 0.1) is 11.7 Å². The number of alkyl halides is 1. The molecule has 0 amide bonds. The second-order valence-electron chi connectivity index (χ2n) is 5.79. The molecule has 4 nitrogen and oxygen atoms in total. The van der Waals surface area contributed by atoms with Crippen molar-refractivity contribution in [2.75, 3.05) is 18.7 Å². The molecule has 4 N–H and O–H groups in total. The average Bonchev–Trinajstić information content (AvgIpc) is 2.94. The summed E-state index contributed by atoms with van der Waals surface area (Å²) in [5, 5.41) is 0. The highest BCUT2D eigenvalue weighted by Crippen LogP contribution is 2.50. The van der Waals surface area contributed by atoms with Gasteiger partial charge in [-0.1, -0.05) is 0 Å². The molecule has 0 spiro atoms. The molecule has 120 valence electrons. The highest BCUT2D eigenvalue weighted by Gasteiger charge is 2.52. The summed E-state index contributed by atoms with van der Waals surface area (Å²) >= 11 is 1.23. The fourth-order valence-corrected chi connectivity index (χ4v) is 4.39. The van der Waals surface area contributed by atoms with E-state index in [0.29, 0.717) is 10.5 Å². The number of benzene rings is 1. The Kier molecular flexibility index (Phi) is 3.92. The number of nitrogens with two attached hydrogens (primary N) is 2. The van der Waals surface area contributed by atoms with Crippen molar-refractivity contribution in [3.05, 3.63) is 23.5 Å². The summed E-state index contributed by atoms with van der Waals surface area (Å²) in [4.78, 5) is 4.67. The average molecular weight is 327 g/mol. The number of rotatable bonds is 3. The molecule has 1 aromatic rings. The van der Waals surface area contributed by atoms with Crippen LogP contribution in [-0.2, 0) is 10.3 Å². The molecule has 1 aliphatic carbocycles. The fraction of sp³-hybridized carbons (Fsp3) is 0.533. The predicted octanol–water partition coefficient (Wildman–Crippen LogP) is 2.81. The van der Waals surface area contributed by atoms with Crippen LogP contribution in [0.25, 0.3) is 0 Å². The number of halogens is 2. The first-order valence-corrected chi connectivity index (χ1v) is 8.45. The van der Waals surface area contributed by atoms with Crippen molar-refractivity contribution in [1.82, 2.24) is 0 Å². The largest absolute Gasteiger partial charge is 0.462 e. The molecule has 2 aliphatic rings. The minimum absolute atomic E-state index is 0.0318. The second kappa shape index (κ2) is 5.61. The maximum Gasteiger partial charge on any atom is 0.283 e. The Labute approximate surface area is 132 Å². The molecule has 1 fully saturated rings. The van der Waals surface area contributed by atoms with E-state index < -0.39 is 18.0 Å². The molecule has 1 aromatic carbocycles. The maximum atomic E-state index is 14.3. The predicted molar refractivity (Wildman–Crippen MR) is 84.1 cm³/mol. The summed E-state index contributed by atoms with van der Waals surface area (Å²) < 4.78 is 34.1. The van der Waals surface area contributed by atoms with Gasteiger partial charge in [-0.15, -0.1) is 11.8 Å². The quantitative estimate of drug-likeness (QED) is 0.661. The number of fused-ring (bicyclic) bond motifs is 1. The Morgan fingerprint density at radius 2 is 2.18 bits per heavy atom. The minimum atomic E-state index is -1.21. The van der Waals surface area contributed by atoms with Crippen molar-refractivity contribution >= 4 is 23.5 Å². The SMILES string of the molecule is CSc1c(F)cc(N)cc1[C@@]1(CF)N=C(N)O[C@@H]2CCC[C@@H]21. The molecule has 22 heavy (non-hydrogen) atoms. The third-order valence-corrected chi connectivity index (χ3v) is 5.41. The topological polar surface area (TPSA) is 73.6 Å². The van der Waals surface area contributed by atoms with Gasteiger partial charge in [0.15, 0.2) is 0 Å². The Balaban J connectivity index is 2.24. The van der Waals surface area contributed by atoms with Gasteiger partial charge in [-0.2, -0.15) is 0 Å². The van der Waals surface area contributed by atoms with E-state index in [9.17, 15) is 8.78 Å². The third kappa shape index (κ3) is 2.22. The van der Waals surface area contributed by atoms with E-state index in [1.54, 1.807) is 12.3 Å². The van der Waals surface area contributed by atoms with Crippen LogP contribution in [-0.4, -0.2) is 25.1 Å². The summed E-state index contributed by atoms with van der Waals surface area (Å²) in [6, 6.07) is 2.84. The van der Waals surface area contributed by atoms with Crippen LogP contribution in [0.3, 0.4) is 0 Å². The highest BCUT2D eigenvalue weighted by atomic mass is 32.2. The lowest BCUT2D eigenvalue weighted by Gasteiger charge is -2.41. The third-order valence-electron chi connectivity index (χ3n) is 4.59. The number of anilines is 1. The van der Waals surface area contributed by atoms with Gasteiger partial charge >= 0.3 is 0 Å². The molecule has 1 saturated carbocycles. The lowest BCUT2D eigenvalue weighted by Crippen LogP contribution is -2.48. The van der Waals surface area contributed by atoms with Gasteiger partial charge in [0.25, 0.3) is 6.02 Å². The number of hydrogen-bond acceptors (Lipinski definition) is 5. The Hall–Kier alpha value is -1.50. The summed E-state index contributed by atoms with van der Waals surface area (Å²) in [7, 11) is 0. The van der Waals surface area contributed by atoms with Crippen molar-refractivity contribution in [3.63, 3.8) is 0 Å². The Morgan fingerprint density at radius 1 is 1.41 bits per heavy atom. The number of nitrogen functional groups attached to an aromatic ring is 1. The minimum Gasteiger partial charge on any atom is -0.462 e. The van der Waals surface area contributed by atoms with Gasteiger partial charge in [-0.25, -0.2) is 13.8 Å². The van der Waals surface area contributed by atoms with Crippen molar-refractivity contribution in [1.29, 1.82) is 0 Å². The van der Waals surface area contributed by atoms with E-state index in [1.165, 1.54) is 17.8 Å². The van der Waals surface area contributed by atoms with E-state index in [1.807, 2.05) is 0 Å². The van der Waals surface area contributed by atoms with E-state index in [-0.39, 0.29) is 23.7 Å². The second-order valence-corrected chi connectivity index (χ2v) is 6.60. The first-order chi connectivity index (χ1) is 10.5. The number of hydrogen-bond donors (Lipinski definition) is 2. The lowest BCUT2D eigenvalue weighted by atomic mass is 9.76. The van der Waals surface area contributed by atoms with Crippen LogP contribution in [0.1, 0.15) is 24.8 Å². The van der Waals surface area contributed by atoms with Gasteiger partial charge in [0, 0.05) is 22.1 Å². The Morgan fingerprint density at radius 3 is 2.86 bits per heavy atom. The van der Waals surface area contributed by atoms with Gasteiger partial charge in [0.05, 0.1) is 0 Å². The van der Waals surface area contributed by atoms with Crippen molar-refractivity contribution in [3.8, 4) is 0 Å². The standard InChI is InChI=1S/C15H19F2N3OS/c1-22-13-10(5-8(18)6-11(13)17)15(7-16)9-3-2-4-12(9)21-14(19)20-15/h5-6,9,12H,2-4,7,18H2,1H3,(H2,19,20)/t9-,12+,15-/m0/s1. The molecule has 0 aromatic heterocycles. The summed E-state index contributed by atoms with van der Waals surface area (Å²) in [5.41, 5.74) is 11.1. The molecule has 3 rings (SSSR count). The zero-order valence-electron chi connectivity index (χ0n) is 12.3. The summed E-state index contributed by atoms with van der Waals surface area (Å²) in [5.74, 6) is -0.609. The maximum absolute atomic E-state index is 14.3. The summed E-state index contributed by atoms with van der Waals surface area (Å²) in [6.07, 6.45) is 4.08. The number of thioether (sulfide) groups is 1. The van der Waals surface area contributed by atoms with E-state index >= 15 is 0 Å². The van der Waals surface area contributed by atoms with E-state index in [4.69, 9.17) is 16.2 Å². The smallest absolute Gasteiger partial charge is 0.283 e. The van der Waals surface area contributed by atoms with Crippen LogP contribution in [0.4, 0.5) is 14.5 Å². The normalized spacial score (nSPS) is 30.6. The number of ether oxygens (including phenoxy) is 1. The fourth-order valence-electron chi connectivity index (χ4n) is 3.68. The lowest BCUT2D eigenvalue weighted by molar-refractivity contribution is 0.0496. The van der Waals surface area contributed by atoms with Crippen molar-refractivity contribution < 1.29 is 13.5 Å². The van der Waals surface area contributed by atoms with Crippen LogP contribution in [0.15, 0.2) is 22.0 Å². The molecular formula is C15H19F2N3OS. The monoisotopic (exact) mass is 327 g/mol. The first kappa shape index (κ1) is 15.4. The van der Waals surface area contributed by atoms with Crippen molar-refractivity contribution in [2.45, 2.75) is 35.8 Å². The van der Waals surface area contributed by atoms with Gasteiger partial charge in [-0.3, -0.25) is 0 Å². The number of aliphatic imine (C=N–C) groups is 1. The molecule has 3 atom stereocenters. The molecule has 0 saturated heterocycles. The molecule has 7 heteroatoms. The zero-order valence-corrected chi connectivity index (χ0v) is 13.1. The van der Waals surface area contributed by atoms with Gasteiger partial charge < -0.3 is 16.2 Å². The molecule has 0 unspecified atom stereocenters. The van der Waals surface area contributed by atoms with Gasteiger partial charge in [0.2, 0.25) is 0 Å². The number of amidine groups is 1. The molecule has 0 radical (unpaired) electrons. The van der Waals surface area contributed by atoms with Gasteiger partial charge in [0.1, 0.15) is 24.1 Å². The summed E-state index contributed by atoms with van der Waals surface area (Å²) in [6.45, 7) is -0.755. The molecule has 0 bridgehead atoms. The van der Waals surface area contributed by atoms with Crippen LogP contribution >= 0.6 is 11.8 Å². The first-order valence-electron chi connectivity index (χ1n) is 7.23. The molecule has 1 heterocycles. The van der Waals surface area contributed by atoms with Crippen LogP contribution in [0.2, 0.25) is 0 Å². The van der Waals surface area contributed by atoms with E-state index in [2.05, 4.69) is 4.99 Å². The van der Waals surface area contributed by atoms with Crippen LogP contribution in [0.5, 0.6) is 0 Å². The van der Waals surface area contributed by atoms with Crippen LogP contribution < -0.4 is 11.5 Å². The van der Waals surface area contributed by atoms with Gasteiger partial charge in [-0.05, 0) is 37.7 Å². The zero-order chi connectivity index (χ0) is 15.9. The number of nitrogens with zero attached hydrogens (tertiary/aromatic N) is 1. The highest BCUT2D eigenvalue weighted by molar-refractivity contribution is 7.98. The van der Waals surface area contributed by atoms with E-state index in [0.717, 1.165) is 19.3 Å². The Bertz CT molecular complexity index is 625. The van der Waals surface area contributed by atoms with Crippen molar-refractivity contribution in [2.24, 2.45) is 16.6 Å². The molecular weight excluding hydrogens is 308 g/mol.